The highest BCUT2D eigenvalue weighted by atomic mass is 16.5. The Morgan fingerprint density at radius 2 is 1.05 bits per heavy atom. The molecule has 0 aliphatic rings. The number of hydrogen-bond donors (Lipinski definition) is 0. The van der Waals surface area contributed by atoms with Crippen LogP contribution in [0, 0.1) is 27.7 Å². The molecule has 0 aliphatic heterocycles. The van der Waals surface area contributed by atoms with Gasteiger partial charge in [0.1, 0.15) is 24.7 Å². The van der Waals surface area contributed by atoms with Crippen molar-refractivity contribution in [3.63, 3.8) is 0 Å². The summed E-state index contributed by atoms with van der Waals surface area (Å²) in [7, 11) is 0. The fourth-order valence-corrected chi connectivity index (χ4v) is 2.03. The topological polar surface area (TPSA) is 18.5 Å². The molecule has 0 aliphatic carbocycles. The summed E-state index contributed by atoms with van der Waals surface area (Å²) in [5.74, 6) is 1.81. The van der Waals surface area contributed by atoms with Crippen LogP contribution >= 0.6 is 0 Å². The average molecular weight is 296 g/mol. The molecule has 22 heavy (non-hydrogen) atoms. The molecule has 2 nitrogen and oxygen atoms in total. The van der Waals surface area contributed by atoms with E-state index in [2.05, 4.69) is 52.0 Å². The van der Waals surface area contributed by atoms with Gasteiger partial charge in [0, 0.05) is 0 Å². The lowest BCUT2D eigenvalue weighted by atomic mass is 10.1. The Kier molecular flexibility index (Phi) is 5.65. The second-order valence-electron chi connectivity index (χ2n) is 5.59. The predicted molar refractivity (Wildman–Crippen MR) is 92.0 cm³/mol. The van der Waals surface area contributed by atoms with Crippen molar-refractivity contribution >= 4 is 0 Å². The SMILES string of the molecule is Cc1ccc(OCC=CCOc2ccc(C)c(C)c2)cc1C. The Balaban J connectivity index is 1.74. The van der Waals surface area contributed by atoms with E-state index >= 15 is 0 Å². The summed E-state index contributed by atoms with van der Waals surface area (Å²) < 4.78 is 11.4. The minimum atomic E-state index is 0.554. The number of benzene rings is 2. The molecule has 0 N–H and O–H groups in total. The Bertz CT molecular complexity index is 599. The first-order valence-corrected chi connectivity index (χ1v) is 7.61. The van der Waals surface area contributed by atoms with Crippen LogP contribution in [-0.4, -0.2) is 13.2 Å². The van der Waals surface area contributed by atoms with E-state index < -0.39 is 0 Å². The molecule has 0 saturated heterocycles. The summed E-state index contributed by atoms with van der Waals surface area (Å²) in [4.78, 5) is 0. The monoisotopic (exact) mass is 296 g/mol. The number of aryl methyl sites for hydroxylation is 4. The molecule has 2 heteroatoms. The van der Waals surface area contributed by atoms with Gasteiger partial charge in [0.2, 0.25) is 0 Å². The van der Waals surface area contributed by atoms with Crippen LogP contribution in [0.4, 0.5) is 0 Å². The second kappa shape index (κ2) is 7.69. The first kappa shape index (κ1) is 16.2. The molecule has 0 spiro atoms. The van der Waals surface area contributed by atoms with Gasteiger partial charge in [0.05, 0.1) is 0 Å². The third kappa shape index (κ3) is 4.66. The standard InChI is InChI=1S/C20H24O2/c1-15-7-9-19(13-17(15)3)21-11-5-6-12-22-20-10-8-16(2)18(4)14-20/h5-10,13-14H,11-12H2,1-4H3. The normalized spacial score (nSPS) is 10.9. The van der Waals surface area contributed by atoms with Crippen molar-refractivity contribution in [2.24, 2.45) is 0 Å². The zero-order valence-electron chi connectivity index (χ0n) is 13.8. The lowest BCUT2D eigenvalue weighted by Gasteiger charge is -2.07. The second-order valence-corrected chi connectivity index (χ2v) is 5.59. The first-order valence-electron chi connectivity index (χ1n) is 7.61. The van der Waals surface area contributed by atoms with E-state index in [0.717, 1.165) is 11.5 Å². The van der Waals surface area contributed by atoms with Crippen molar-refractivity contribution in [1.82, 2.24) is 0 Å². The average Bonchev–Trinajstić information content (AvgIpc) is 2.50. The summed E-state index contributed by atoms with van der Waals surface area (Å²) in [5, 5.41) is 0. The summed E-state index contributed by atoms with van der Waals surface area (Å²) in [6.07, 6.45) is 3.96. The van der Waals surface area contributed by atoms with Crippen molar-refractivity contribution in [3.05, 3.63) is 70.8 Å². The summed E-state index contributed by atoms with van der Waals surface area (Å²) in [6.45, 7) is 9.49. The van der Waals surface area contributed by atoms with Crippen molar-refractivity contribution in [3.8, 4) is 11.5 Å². The molecular weight excluding hydrogens is 272 g/mol. The molecule has 0 amide bonds. The first-order chi connectivity index (χ1) is 10.6. The Hall–Kier alpha value is -2.22. The van der Waals surface area contributed by atoms with E-state index in [9.17, 15) is 0 Å². The van der Waals surface area contributed by atoms with Crippen molar-refractivity contribution in [2.45, 2.75) is 27.7 Å². The molecule has 0 radical (unpaired) electrons. The molecule has 2 aromatic carbocycles. The van der Waals surface area contributed by atoms with Gasteiger partial charge in [0.25, 0.3) is 0 Å². The van der Waals surface area contributed by atoms with Gasteiger partial charge in [-0.25, -0.2) is 0 Å². The largest absolute Gasteiger partial charge is 0.490 e. The van der Waals surface area contributed by atoms with Crippen LogP contribution in [0.15, 0.2) is 48.6 Å². The highest BCUT2D eigenvalue weighted by molar-refractivity contribution is 5.34. The van der Waals surface area contributed by atoms with E-state index in [1.807, 2.05) is 24.3 Å². The van der Waals surface area contributed by atoms with Crippen LogP contribution in [-0.2, 0) is 0 Å². The minimum Gasteiger partial charge on any atom is -0.490 e. The highest BCUT2D eigenvalue weighted by Gasteiger charge is 1.97. The molecule has 0 fully saturated rings. The van der Waals surface area contributed by atoms with Crippen LogP contribution < -0.4 is 9.47 Å². The van der Waals surface area contributed by atoms with Gasteiger partial charge < -0.3 is 9.47 Å². The maximum Gasteiger partial charge on any atom is 0.120 e. The number of hydrogen-bond acceptors (Lipinski definition) is 2. The van der Waals surface area contributed by atoms with E-state index in [1.54, 1.807) is 0 Å². The van der Waals surface area contributed by atoms with Gasteiger partial charge in [-0.15, -0.1) is 0 Å². The van der Waals surface area contributed by atoms with E-state index in [0.29, 0.717) is 13.2 Å². The number of rotatable bonds is 6. The summed E-state index contributed by atoms with van der Waals surface area (Å²) >= 11 is 0. The predicted octanol–water partition coefficient (Wildman–Crippen LogP) is 4.93. The molecular formula is C20H24O2. The molecule has 0 atom stereocenters. The van der Waals surface area contributed by atoms with Gasteiger partial charge in [-0.3, -0.25) is 0 Å². The molecule has 2 rings (SSSR count). The maximum atomic E-state index is 5.69. The Morgan fingerprint density at radius 3 is 1.41 bits per heavy atom. The van der Waals surface area contributed by atoms with Crippen LogP contribution in [0.25, 0.3) is 0 Å². The van der Waals surface area contributed by atoms with Gasteiger partial charge in [-0.05, 0) is 86.4 Å². The van der Waals surface area contributed by atoms with Crippen molar-refractivity contribution in [2.75, 3.05) is 13.2 Å². The van der Waals surface area contributed by atoms with E-state index in [1.165, 1.54) is 22.3 Å². The van der Waals surface area contributed by atoms with E-state index in [-0.39, 0.29) is 0 Å². The molecule has 0 unspecified atom stereocenters. The fourth-order valence-electron chi connectivity index (χ4n) is 2.03. The molecule has 0 aromatic heterocycles. The highest BCUT2D eigenvalue weighted by Crippen LogP contribution is 2.17. The zero-order valence-corrected chi connectivity index (χ0v) is 13.8. The molecule has 2 aromatic rings. The number of ether oxygens (including phenoxy) is 2. The third-order valence-corrected chi connectivity index (χ3v) is 3.82. The van der Waals surface area contributed by atoms with Crippen LogP contribution in [0.5, 0.6) is 11.5 Å². The van der Waals surface area contributed by atoms with Gasteiger partial charge in [0.15, 0.2) is 0 Å². The van der Waals surface area contributed by atoms with Gasteiger partial charge in [-0.2, -0.15) is 0 Å². The van der Waals surface area contributed by atoms with Crippen LogP contribution in [0.3, 0.4) is 0 Å². The molecule has 116 valence electrons. The zero-order chi connectivity index (χ0) is 15.9. The Labute approximate surface area is 133 Å². The lowest BCUT2D eigenvalue weighted by Crippen LogP contribution is -1.97. The van der Waals surface area contributed by atoms with Gasteiger partial charge in [-0.1, -0.05) is 12.1 Å². The quantitative estimate of drug-likeness (QED) is 0.703. The minimum absolute atomic E-state index is 0.554. The summed E-state index contributed by atoms with van der Waals surface area (Å²) in [5.41, 5.74) is 5.06. The van der Waals surface area contributed by atoms with Crippen molar-refractivity contribution < 1.29 is 9.47 Å². The third-order valence-electron chi connectivity index (χ3n) is 3.82. The fraction of sp³-hybridized carbons (Fsp3) is 0.300. The van der Waals surface area contributed by atoms with E-state index in [4.69, 9.17) is 9.47 Å². The molecule has 0 heterocycles. The van der Waals surface area contributed by atoms with Crippen LogP contribution in [0.2, 0.25) is 0 Å². The lowest BCUT2D eigenvalue weighted by molar-refractivity contribution is 0.350. The Morgan fingerprint density at radius 1 is 0.636 bits per heavy atom. The summed E-state index contributed by atoms with van der Waals surface area (Å²) in [6, 6.07) is 12.3. The van der Waals surface area contributed by atoms with Gasteiger partial charge >= 0.3 is 0 Å². The van der Waals surface area contributed by atoms with Crippen molar-refractivity contribution in [1.29, 1.82) is 0 Å². The van der Waals surface area contributed by atoms with Crippen LogP contribution in [0.1, 0.15) is 22.3 Å². The molecule has 0 bridgehead atoms. The molecule has 0 saturated carbocycles. The smallest absolute Gasteiger partial charge is 0.120 e. The maximum absolute atomic E-state index is 5.69.